The van der Waals surface area contributed by atoms with Gasteiger partial charge in [0, 0.05) is 5.69 Å². The minimum absolute atomic E-state index is 0.0257. The molecule has 0 saturated carbocycles. The number of hydrogen-bond acceptors (Lipinski definition) is 2. The van der Waals surface area contributed by atoms with E-state index in [0.29, 0.717) is 6.07 Å². The lowest BCUT2D eigenvalue weighted by molar-refractivity contribution is -0.140. The van der Waals surface area contributed by atoms with Crippen LogP contribution in [0.25, 0.3) is 0 Å². The zero-order chi connectivity index (χ0) is 22.1. The van der Waals surface area contributed by atoms with Crippen molar-refractivity contribution in [3.8, 4) is 11.5 Å². The summed E-state index contributed by atoms with van der Waals surface area (Å²) in [5.74, 6) is -4.75. The summed E-state index contributed by atoms with van der Waals surface area (Å²) in [6.07, 6.45) is -5.06. The number of amides is 1. The zero-order valence-electron chi connectivity index (χ0n) is 15.3. The Morgan fingerprint density at radius 1 is 0.933 bits per heavy atom. The Morgan fingerprint density at radius 2 is 1.60 bits per heavy atom. The smallest absolute Gasteiger partial charge is 0.419 e. The van der Waals surface area contributed by atoms with E-state index in [4.69, 9.17) is 4.74 Å². The number of alkyl halides is 3. The molecule has 1 amide bonds. The van der Waals surface area contributed by atoms with Crippen LogP contribution < -0.4 is 10.1 Å². The number of anilines is 1. The van der Waals surface area contributed by atoms with Gasteiger partial charge in [-0.3, -0.25) is 4.79 Å². The van der Waals surface area contributed by atoms with E-state index in [9.17, 15) is 31.1 Å². The monoisotopic (exact) mass is 425 g/mol. The predicted octanol–water partition coefficient (Wildman–Crippen LogP) is 6.48. The van der Waals surface area contributed by atoms with E-state index >= 15 is 0 Å². The quantitative estimate of drug-likeness (QED) is 0.486. The molecule has 1 N–H and O–H groups in total. The number of halogens is 6. The van der Waals surface area contributed by atoms with Gasteiger partial charge in [0.1, 0.15) is 28.7 Å². The molecule has 0 aliphatic rings. The lowest BCUT2D eigenvalue weighted by Crippen LogP contribution is -2.19. The number of rotatable bonds is 4. The predicted molar refractivity (Wildman–Crippen MR) is 97.0 cm³/mol. The molecular weight excluding hydrogens is 412 g/mol. The summed E-state index contributed by atoms with van der Waals surface area (Å²) in [7, 11) is 0. The Labute approximate surface area is 166 Å². The number of ether oxygens (including phenoxy) is 1. The fraction of sp³-hybridized carbons (Fsp3) is 0.0952. The van der Waals surface area contributed by atoms with E-state index in [1.165, 1.54) is 19.1 Å². The summed E-state index contributed by atoms with van der Waals surface area (Å²) < 4.78 is 85.9. The minimum atomic E-state index is -5.06. The van der Waals surface area contributed by atoms with Crippen LogP contribution in [-0.2, 0) is 6.18 Å². The second-order valence-electron chi connectivity index (χ2n) is 6.27. The van der Waals surface area contributed by atoms with Gasteiger partial charge >= 0.3 is 6.18 Å². The molecule has 0 heterocycles. The molecule has 0 aliphatic carbocycles. The van der Waals surface area contributed by atoms with Crippen molar-refractivity contribution in [2.24, 2.45) is 0 Å². The second-order valence-corrected chi connectivity index (χ2v) is 6.27. The third-order valence-corrected chi connectivity index (χ3v) is 4.09. The molecule has 0 aromatic heterocycles. The lowest BCUT2D eigenvalue weighted by atomic mass is 10.1. The Bertz CT molecular complexity index is 1090. The average Bonchev–Trinajstić information content (AvgIpc) is 2.65. The van der Waals surface area contributed by atoms with Gasteiger partial charge in [-0.25, -0.2) is 13.2 Å². The standard InChI is InChI=1S/C21H13F6NO2/c1-11-10-13(4-8-16(11)23)28-20(29)18-17(30-14-5-2-12(22)3-6-14)9-7-15(19(18)24)21(25,26)27/h2-10H,1H3,(H,28,29). The average molecular weight is 425 g/mol. The number of nitrogens with one attached hydrogen (secondary N) is 1. The maximum Gasteiger partial charge on any atom is 0.419 e. The molecule has 0 saturated heterocycles. The topological polar surface area (TPSA) is 38.3 Å². The molecule has 9 heteroatoms. The van der Waals surface area contributed by atoms with Crippen molar-refractivity contribution in [2.75, 3.05) is 5.32 Å². The Balaban J connectivity index is 2.04. The van der Waals surface area contributed by atoms with Crippen LogP contribution in [0.3, 0.4) is 0 Å². The van der Waals surface area contributed by atoms with Gasteiger partial charge in [-0.05, 0) is 67.1 Å². The molecule has 0 atom stereocenters. The van der Waals surface area contributed by atoms with E-state index in [0.717, 1.165) is 36.4 Å². The first-order valence-corrected chi connectivity index (χ1v) is 8.47. The van der Waals surface area contributed by atoms with Gasteiger partial charge in [0.2, 0.25) is 0 Å². The van der Waals surface area contributed by atoms with Crippen molar-refractivity contribution in [2.45, 2.75) is 13.1 Å². The van der Waals surface area contributed by atoms with E-state index in [1.807, 2.05) is 0 Å². The molecular formula is C21H13F6NO2. The summed E-state index contributed by atoms with van der Waals surface area (Å²) >= 11 is 0. The molecule has 0 spiro atoms. The van der Waals surface area contributed by atoms with Gasteiger partial charge in [0.15, 0.2) is 5.82 Å². The molecule has 3 nitrogen and oxygen atoms in total. The molecule has 0 fully saturated rings. The van der Waals surface area contributed by atoms with Crippen molar-refractivity contribution >= 4 is 11.6 Å². The maximum absolute atomic E-state index is 14.7. The van der Waals surface area contributed by atoms with Crippen LogP contribution >= 0.6 is 0 Å². The van der Waals surface area contributed by atoms with E-state index in [2.05, 4.69) is 5.32 Å². The summed E-state index contributed by atoms with van der Waals surface area (Å²) in [5, 5.41) is 2.23. The minimum Gasteiger partial charge on any atom is -0.456 e. The lowest BCUT2D eigenvalue weighted by Gasteiger charge is -2.16. The summed E-state index contributed by atoms with van der Waals surface area (Å²) in [4.78, 5) is 12.6. The molecule has 3 aromatic carbocycles. The fourth-order valence-corrected chi connectivity index (χ4v) is 2.62. The number of aryl methyl sites for hydroxylation is 1. The molecule has 0 unspecified atom stereocenters. The van der Waals surface area contributed by atoms with Crippen LogP contribution in [0.4, 0.5) is 32.0 Å². The Hall–Kier alpha value is -3.49. The van der Waals surface area contributed by atoms with E-state index in [1.54, 1.807) is 0 Å². The normalized spacial score (nSPS) is 11.3. The number of hydrogen-bond donors (Lipinski definition) is 1. The summed E-state index contributed by atoms with van der Waals surface area (Å²) in [5.41, 5.74) is -2.45. The Morgan fingerprint density at radius 3 is 2.20 bits per heavy atom. The molecule has 0 aliphatic heterocycles. The molecule has 0 radical (unpaired) electrons. The highest BCUT2D eigenvalue weighted by atomic mass is 19.4. The summed E-state index contributed by atoms with van der Waals surface area (Å²) in [6, 6.07) is 9.06. The first kappa shape index (κ1) is 21.2. The summed E-state index contributed by atoms with van der Waals surface area (Å²) in [6.45, 7) is 1.42. The van der Waals surface area contributed by atoms with Crippen LogP contribution in [0.15, 0.2) is 54.6 Å². The van der Waals surface area contributed by atoms with Crippen molar-refractivity contribution < 1.29 is 35.9 Å². The van der Waals surface area contributed by atoms with Crippen molar-refractivity contribution in [1.29, 1.82) is 0 Å². The van der Waals surface area contributed by atoms with Crippen LogP contribution in [0.2, 0.25) is 0 Å². The van der Waals surface area contributed by atoms with Gasteiger partial charge in [-0.1, -0.05) is 0 Å². The van der Waals surface area contributed by atoms with Crippen molar-refractivity contribution in [3.63, 3.8) is 0 Å². The fourth-order valence-electron chi connectivity index (χ4n) is 2.62. The molecule has 3 aromatic rings. The van der Waals surface area contributed by atoms with Gasteiger partial charge in [-0.2, -0.15) is 13.2 Å². The van der Waals surface area contributed by atoms with Gasteiger partial charge in [0.25, 0.3) is 5.91 Å². The third kappa shape index (κ3) is 4.56. The van der Waals surface area contributed by atoms with Crippen molar-refractivity contribution in [1.82, 2.24) is 0 Å². The molecule has 0 bridgehead atoms. The third-order valence-electron chi connectivity index (χ3n) is 4.09. The van der Waals surface area contributed by atoms with Crippen LogP contribution in [0, 0.1) is 24.4 Å². The first-order valence-electron chi connectivity index (χ1n) is 8.47. The van der Waals surface area contributed by atoms with Gasteiger partial charge in [0.05, 0.1) is 5.56 Å². The molecule has 30 heavy (non-hydrogen) atoms. The molecule has 156 valence electrons. The zero-order valence-corrected chi connectivity index (χ0v) is 15.3. The van der Waals surface area contributed by atoms with Crippen molar-refractivity contribution in [3.05, 3.63) is 88.7 Å². The highest BCUT2D eigenvalue weighted by molar-refractivity contribution is 6.06. The van der Waals surface area contributed by atoms with Crippen LogP contribution in [-0.4, -0.2) is 5.91 Å². The van der Waals surface area contributed by atoms with E-state index < -0.39 is 46.4 Å². The van der Waals surface area contributed by atoms with Crippen LogP contribution in [0.1, 0.15) is 21.5 Å². The maximum atomic E-state index is 14.7. The van der Waals surface area contributed by atoms with E-state index in [-0.39, 0.29) is 17.0 Å². The highest BCUT2D eigenvalue weighted by Gasteiger charge is 2.37. The molecule has 3 rings (SSSR count). The SMILES string of the molecule is Cc1cc(NC(=O)c2c(Oc3ccc(F)cc3)ccc(C(F)(F)F)c2F)ccc1F. The first-order chi connectivity index (χ1) is 14.1. The number of carbonyl (C=O) groups excluding carboxylic acids is 1. The number of benzene rings is 3. The van der Waals surface area contributed by atoms with Gasteiger partial charge < -0.3 is 10.1 Å². The van der Waals surface area contributed by atoms with Gasteiger partial charge in [-0.15, -0.1) is 0 Å². The second kappa shape index (κ2) is 8.10. The number of carbonyl (C=O) groups is 1. The van der Waals surface area contributed by atoms with Crippen LogP contribution in [0.5, 0.6) is 11.5 Å². The highest BCUT2D eigenvalue weighted by Crippen LogP contribution is 2.37. The Kier molecular flexibility index (Phi) is 5.73. The largest absolute Gasteiger partial charge is 0.456 e.